The van der Waals surface area contributed by atoms with Gasteiger partial charge in [0, 0.05) is 43.1 Å². The number of benzene rings is 1. The second kappa shape index (κ2) is 8.88. The normalized spacial score (nSPS) is 14.5. The number of aromatic nitrogens is 4. The lowest BCUT2D eigenvalue weighted by Gasteiger charge is -2.26. The molecule has 7 heteroatoms. The first kappa shape index (κ1) is 20.3. The van der Waals surface area contributed by atoms with E-state index in [1.807, 2.05) is 31.6 Å². The molecule has 0 atom stereocenters. The molecular weight excluding hydrogens is 400 g/mol. The van der Waals surface area contributed by atoms with Gasteiger partial charge in [-0.25, -0.2) is 0 Å². The van der Waals surface area contributed by atoms with Crippen molar-refractivity contribution in [2.45, 2.75) is 25.8 Å². The molecule has 5 rings (SSSR count). The van der Waals surface area contributed by atoms with Gasteiger partial charge in [0.15, 0.2) is 5.69 Å². The van der Waals surface area contributed by atoms with Crippen LogP contribution >= 0.6 is 0 Å². The minimum atomic E-state index is -0.252. The van der Waals surface area contributed by atoms with Gasteiger partial charge in [-0.05, 0) is 67.4 Å². The van der Waals surface area contributed by atoms with Crippen molar-refractivity contribution in [3.63, 3.8) is 0 Å². The van der Waals surface area contributed by atoms with Crippen molar-refractivity contribution in [1.29, 1.82) is 0 Å². The third kappa shape index (κ3) is 4.24. The highest BCUT2D eigenvalue weighted by Crippen LogP contribution is 2.27. The van der Waals surface area contributed by atoms with E-state index >= 15 is 0 Å². The topological polar surface area (TPSA) is 75.9 Å². The maximum atomic E-state index is 12.9. The zero-order valence-corrected chi connectivity index (χ0v) is 18.2. The fraction of sp³-hybridized carbons (Fsp3) is 0.280. The van der Waals surface area contributed by atoms with Gasteiger partial charge in [0.1, 0.15) is 0 Å². The second-order valence-corrected chi connectivity index (χ2v) is 8.32. The minimum Gasteiger partial charge on any atom is -0.319 e. The third-order valence-electron chi connectivity index (χ3n) is 5.97. The smallest absolute Gasteiger partial charge is 0.276 e. The fourth-order valence-corrected chi connectivity index (χ4v) is 4.35. The Labute approximate surface area is 187 Å². The Kier molecular flexibility index (Phi) is 5.64. The van der Waals surface area contributed by atoms with E-state index in [2.05, 4.69) is 37.4 Å². The Hall–Kier alpha value is -3.58. The summed E-state index contributed by atoms with van der Waals surface area (Å²) in [4.78, 5) is 24.0. The van der Waals surface area contributed by atoms with Crippen LogP contribution in [0.25, 0.3) is 22.0 Å². The maximum absolute atomic E-state index is 12.9. The summed E-state index contributed by atoms with van der Waals surface area (Å²) in [7, 11) is 1.85. The van der Waals surface area contributed by atoms with E-state index in [0.29, 0.717) is 11.4 Å². The number of rotatable bonds is 5. The number of aryl methyl sites for hydroxylation is 1. The maximum Gasteiger partial charge on any atom is 0.276 e. The Morgan fingerprint density at radius 1 is 1.00 bits per heavy atom. The number of hydrogen-bond acceptors (Lipinski definition) is 5. The number of anilines is 1. The lowest BCUT2D eigenvalue weighted by atomic mass is 10.0. The molecule has 1 aromatic carbocycles. The second-order valence-electron chi connectivity index (χ2n) is 8.32. The number of hydrogen-bond donors (Lipinski definition) is 1. The lowest BCUT2D eigenvalue weighted by molar-refractivity contribution is 0.102. The van der Waals surface area contributed by atoms with Gasteiger partial charge in [-0.2, -0.15) is 5.10 Å². The zero-order chi connectivity index (χ0) is 21.9. The molecule has 4 heterocycles. The number of pyridine rings is 2. The molecule has 0 radical (unpaired) electrons. The Morgan fingerprint density at radius 2 is 1.88 bits per heavy atom. The molecule has 1 aliphatic heterocycles. The average Bonchev–Trinajstić information content (AvgIpc) is 3.16. The van der Waals surface area contributed by atoms with E-state index in [9.17, 15) is 4.79 Å². The summed E-state index contributed by atoms with van der Waals surface area (Å²) < 4.78 is 1.74. The van der Waals surface area contributed by atoms with Crippen LogP contribution in [0.1, 0.15) is 35.3 Å². The highest BCUT2D eigenvalue weighted by molar-refractivity contribution is 6.11. The van der Waals surface area contributed by atoms with Crippen LogP contribution in [-0.4, -0.2) is 43.6 Å². The summed E-state index contributed by atoms with van der Waals surface area (Å²) in [5, 5.41) is 8.17. The van der Waals surface area contributed by atoms with E-state index in [0.717, 1.165) is 41.7 Å². The largest absolute Gasteiger partial charge is 0.319 e. The van der Waals surface area contributed by atoms with Crippen molar-refractivity contribution in [2.24, 2.45) is 7.05 Å². The number of carbonyl (C=O) groups is 1. The number of likely N-dealkylation sites (tertiary alicyclic amines) is 1. The van der Waals surface area contributed by atoms with Gasteiger partial charge < -0.3 is 5.32 Å². The van der Waals surface area contributed by atoms with Crippen LogP contribution in [0.2, 0.25) is 0 Å². The van der Waals surface area contributed by atoms with Gasteiger partial charge in [0.2, 0.25) is 0 Å². The molecule has 1 fully saturated rings. The van der Waals surface area contributed by atoms with E-state index in [4.69, 9.17) is 0 Å². The van der Waals surface area contributed by atoms with Crippen LogP contribution in [0.15, 0.2) is 61.2 Å². The molecule has 32 heavy (non-hydrogen) atoms. The fourth-order valence-electron chi connectivity index (χ4n) is 4.35. The predicted molar refractivity (Wildman–Crippen MR) is 125 cm³/mol. The number of piperidine rings is 1. The van der Waals surface area contributed by atoms with Gasteiger partial charge >= 0.3 is 0 Å². The quantitative estimate of drug-likeness (QED) is 0.516. The molecule has 0 aliphatic carbocycles. The third-order valence-corrected chi connectivity index (χ3v) is 5.97. The van der Waals surface area contributed by atoms with Crippen LogP contribution in [-0.2, 0) is 13.6 Å². The van der Waals surface area contributed by atoms with E-state index in [1.165, 1.54) is 24.8 Å². The highest BCUT2D eigenvalue weighted by atomic mass is 16.2. The Morgan fingerprint density at radius 3 is 2.69 bits per heavy atom. The number of fused-ring (bicyclic) bond motifs is 1. The van der Waals surface area contributed by atoms with Gasteiger partial charge in [0.05, 0.1) is 17.4 Å². The monoisotopic (exact) mass is 426 g/mol. The molecular formula is C25H26N6O. The van der Waals surface area contributed by atoms with Crippen LogP contribution < -0.4 is 5.32 Å². The first-order valence-corrected chi connectivity index (χ1v) is 11.0. The van der Waals surface area contributed by atoms with Crippen molar-refractivity contribution in [1.82, 2.24) is 24.6 Å². The Bertz CT molecular complexity index is 1240. The SMILES string of the molecule is Cn1nc(C(=O)Nc2cccnc2)c2cc(-c3cncc(CN4CCCCC4)c3)ccc21. The predicted octanol–water partition coefficient (Wildman–Crippen LogP) is 4.27. The molecule has 4 aromatic rings. The molecule has 1 amide bonds. The Balaban J connectivity index is 1.45. The first-order chi connectivity index (χ1) is 15.7. The van der Waals surface area contributed by atoms with Gasteiger partial charge in [0.25, 0.3) is 5.91 Å². The summed E-state index contributed by atoms with van der Waals surface area (Å²) >= 11 is 0. The zero-order valence-electron chi connectivity index (χ0n) is 18.2. The number of amides is 1. The molecule has 0 saturated carbocycles. The van der Waals surface area contributed by atoms with E-state index in [1.54, 1.807) is 29.2 Å². The molecule has 162 valence electrons. The first-order valence-electron chi connectivity index (χ1n) is 11.0. The van der Waals surface area contributed by atoms with Gasteiger partial charge in [-0.3, -0.25) is 24.3 Å². The van der Waals surface area contributed by atoms with Gasteiger partial charge in [-0.15, -0.1) is 0 Å². The summed E-state index contributed by atoms with van der Waals surface area (Å²) in [6, 6.07) is 11.9. The summed E-state index contributed by atoms with van der Waals surface area (Å²) in [5.74, 6) is -0.252. The lowest BCUT2D eigenvalue weighted by Crippen LogP contribution is -2.29. The summed E-state index contributed by atoms with van der Waals surface area (Å²) in [6.07, 6.45) is 11.0. The standard InChI is InChI=1S/C25H26N6O/c1-30-23-8-7-19(20-12-18(14-27-15-20)17-31-10-3-2-4-11-31)13-22(23)24(29-30)25(32)28-21-6-5-9-26-16-21/h5-9,12-16H,2-4,10-11,17H2,1H3,(H,28,32). The van der Waals surface area contributed by atoms with Crippen molar-refractivity contribution in [3.05, 3.63) is 72.4 Å². The van der Waals surface area contributed by atoms with Crippen LogP contribution in [0.4, 0.5) is 5.69 Å². The molecule has 0 bridgehead atoms. The average molecular weight is 427 g/mol. The van der Waals surface area contributed by atoms with Crippen LogP contribution in [0.3, 0.4) is 0 Å². The van der Waals surface area contributed by atoms with E-state index < -0.39 is 0 Å². The minimum absolute atomic E-state index is 0.252. The van der Waals surface area contributed by atoms with Gasteiger partial charge in [-0.1, -0.05) is 12.5 Å². The molecule has 1 N–H and O–H groups in total. The molecule has 1 saturated heterocycles. The summed E-state index contributed by atoms with van der Waals surface area (Å²) in [6.45, 7) is 3.23. The number of nitrogens with zero attached hydrogens (tertiary/aromatic N) is 5. The number of nitrogens with one attached hydrogen (secondary N) is 1. The number of carbonyl (C=O) groups excluding carboxylic acids is 1. The molecule has 0 unspecified atom stereocenters. The van der Waals surface area contributed by atoms with E-state index in [-0.39, 0.29) is 5.91 Å². The van der Waals surface area contributed by atoms with Crippen LogP contribution in [0.5, 0.6) is 0 Å². The van der Waals surface area contributed by atoms with Crippen molar-refractivity contribution in [3.8, 4) is 11.1 Å². The van der Waals surface area contributed by atoms with Crippen molar-refractivity contribution >= 4 is 22.5 Å². The van der Waals surface area contributed by atoms with Crippen molar-refractivity contribution in [2.75, 3.05) is 18.4 Å². The molecule has 3 aromatic heterocycles. The molecule has 7 nitrogen and oxygen atoms in total. The summed E-state index contributed by atoms with van der Waals surface area (Å²) in [5.41, 5.74) is 5.22. The van der Waals surface area contributed by atoms with Crippen LogP contribution in [0, 0.1) is 0 Å². The molecule has 0 spiro atoms. The van der Waals surface area contributed by atoms with Crippen molar-refractivity contribution < 1.29 is 4.79 Å². The highest BCUT2D eigenvalue weighted by Gasteiger charge is 2.18. The molecule has 1 aliphatic rings.